The molecule has 1 N–H and O–H groups in total. The van der Waals surface area contributed by atoms with Crippen LogP contribution in [-0.2, 0) is 0 Å². The second kappa shape index (κ2) is 5.20. The molecule has 0 bridgehead atoms. The van der Waals surface area contributed by atoms with Gasteiger partial charge in [-0.3, -0.25) is 0 Å². The monoisotopic (exact) mass is 216 g/mol. The van der Waals surface area contributed by atoms with Crippen LogP contribution in [0.15, 0.2) is 36.9 Å². The number of allylic oxidation sites excluding steroid dienone is 1. The summed E-state index contributed by atoms with van der Waals surface area (Å²) in [5.74, 6) is 1.91. The first-order valence-corrected chi connectivity index (χ1v) is 6.19. The van der Waals surface area contributed by atoms with Gasteiger partial charge in [0.15, 0.2) is 0 Å². The van der Waals surface area contributed by atoms with Crippen LogP contribution in [0, 0.1) is 5.92 Å². The quantitative estimate of drug-likeness (QED) is 0.749. The summed E-state index contributed by atoms with van der Waals surface area (Å²) >= 11 is 0. The molecule has 1 saturated carbocycles. The van der Waals surface area contributed by atoms with Gasteiger partial charge in [-0.15, -0.1) is 6.58 Å². The molecule has 0 aliphatic heterocycles. The number of rotatable bonds is 3. The number of phenolic OH excluding ortho intramolecular Hbond substituents is 1. The molecule has 1 fully saturated rings. The van der Waals surface area contributed by atoms with Crippen molar-refractivity contribution in [2.45, 2.75) is 38.0 Å². The van der Waals surface area contributed by atoms with Gasteiger partial charge in [-0.05, 0) is 61.6 Å². The van der Waals surface area contributed by atoms with Crippen LogP contribution in [0.1, 0.15) is 43.6 Å². The summed E-state index contributed by atoms with van der Waals surface area (Å²) in [4.78, 5) is 0. The van der Waals surface area contributed by atoms with Gasteiger partial charge in [-0.1, -0.05) is 18.2 Å². The summed E-state index contributed by atoms with van der Waals surface area (Å²) in [5.41, 5.74) is 1.38. The minimum atomic E-state index is 0.365. The van der Waals surface area contributed by atoms with Crippen molar-refractivity contribution < 1.29 is 5.11 Å². The fourth-order valence-electron chi connectivity index (χ4n) is 2.71. The van der Waals surface area contributed by atoms with Gasteiger partial charge in [0.05, 0.1) is 0 Å². The molecule has 0 spiro atoms. The third-order valence-electron chi connectivity index (χ3n) is 3.71. The van der Waals surface area contributed by atoms with E-state index >= 15 is 0 Å². The van der Waals surface area contributed by atoms with Crippen molar-refractivity contribution in [1.29, 1.82) is 0 Å². The Kier molecular flexibility index (Phi) is 3.66. The molecule has 1 aromatic carbocycles. The van der Waals surface area contributed by atoms with Gasteiger partial charge in [-0.25, -0.2) is 0 Å². The Morgan fingerprint density at radius 2 is 1.75 bits per heavy atom. The third kappa shape index (κ3) is 2.66. The summed E-state index contributed by atoms with van der Waals surface area (Å²) in [6.07, 6.45) is 8.41. The number of aromatic hydroxyl groups is 1. The van der Waals surface area contributed by atoms with Crippen molar-refractivity contribution in [3.63, 3.8) is 0 Å². The molecule has 0 unspecified atom stereocenters. The highest BCUT2D eigenvalue weighted by atomic mass is 16.3. The molecule has 1 nitrogen and oxygen atoms in total. The molecule has 0 heterocycles. The Labute approximate surface area is 97.8 Å². The maximum Gasteiger partial charge on any atom is 0.115 e. The maximum atomic E-state index is 9.26. The number of hydrogen-bond acceptors (Lipinski definition) is 1. The van der Waals surface area contributed by atoms with E-state index in [0.29, 0.717) is 11.7 Å². The van der Waals surface area contributed by atoms with Crippen LogP contribution in [0.4, 0.5) is 0 Å². The van der Waals surface area contributed by atoms with E-state index in [1.165, 1.54) is 37.7 Å². The van der Waals surface area contributed by atoms with Gasteiger partial charge >= 0.3 is 0 Å². The lowest BCUT2D eigenvalue weighted by Gasteiger charge is -2.28. The van der Waals surface area contributed by atoms with Crippen molar-refractivity contribution in [3.05, 3.63) is 42.5 Å². The van der Waals surface area contributed by atoms with E-state index in [2.05, 4.69) is 18.7 Å². The van der Waals surface area contributed by atoms with Gasteiger partial charge in [-0.2, -0.15) is 0 Å². The lowest BCUT2D eigenvalue weighted by Crippen LogP contribution is -2.12. The summed E-state index contributed by atoms with van der Waals surface area (Å²) < 4.78 is 0. The molecule has 2 rings (SSSR count). The Morgan fingerprint density at radius 3 is 2.31 bits per heavy atom. The van der Waals surface area contributed by atoms with E-state index in [0.717, 1.165) is 5.92 Å². The lowest BCUT2D eigenvalue weighted by atomic mass is 9.77. The van der Waals surface area contributed by atoms with Crippen LogP contribution < -0.4 is 0 Å². The first kappa shape index (κ1) is 11.3. The van der Waals surface area contributed by atoms with Gasteiger partial charge in [0.25, 0.3) is 0 Å². The minimum Gasteiger partial charge on any atom is -0.508 e. The Bertz CT molecular complexity index is 331. The van der Waals surface area contributed by atoms with Crippen LogP contribution in [0.2, 0.25) is 0 Å². The van der Waals surface area contributed by atoms with Crippen LogP contribution in [0.3, 0.4) is 0 Å². The Hall–Kier alpha value is -1.24. The first-order valence-electron chi connectivity index (χ1n) is 6.19. The van der Waals surface area contributed by atoms with Crippen LogP contribution >= 0.6 is 0 Å². The molecule has 1 heteroatoms. The molecule has 1 aliphatic rings. The van der Waals surface area contributed by atoms with E-state index in [1.807, 2.05) is 6.08 Å². The van der Waals surface area contributed by atoms with E-state index in [1.54, 1.807) is 12.1 Å². The highest BCUT2D eigenvalue weighted by molar-refractivity contribution is 5.28. The van der Waals surface area contributed by atoms with E-state index in [-0.39, 0.29) is 0 Å². The molecule has 16 heavy (non-hydrogen) atoms. The van der Waals surface area contributed by atoms with Gasteiger partial charge in [0, 0.05) is 0 Å². The van der Waals surface area contributed by atoms with E-state index in [4.69, 9.17) is 0 Å². The molecule has 1 aromatic rings. The van der Waals surface area contributed by atoms with Gasteiger partial charge in [0.2, 0.25) is 0 Å². The van der Waals surface area contributed by atoms with Crippen LogP contribution in [0.5, 0.6) is 5.75 Å². The van der Waals surface area contributed by atoms with Crippen LogP contribution in [-0.4, -0.2) is 5.11 Å². The van der Waals surface area contributed by atoms with Gasteiger partial charge in [0.1, 0.15) is 5.75 Å². The average molecular weight is 216 g/mol. The molecule has 0 radical (unpaired) electrons. The molecule has 0 atom stereocenters. The molecule has 0 saturated heterocycles. The smallest absolute Gasteiger partial charge is 0.115 e. The summed E-state index contributed by atoms with van der Waals surface area (Å²) in [7, 11) is 0. The predicted molar refractivity (Wildman–Crippen MR) is 67.6 cm³/mol. The minimum absolute atomic E-state index is 0.365. The zero-order chi connectivity index (χ0) is 11.4. The Morgan fingerprint density at radius 1 is 1.12 bits per heavy atom. The molecule has 1 aliphatic carbocycles. The largest absolute Gasteiger partial charge is 0.508 e. The number of hydrogen-bond donors (Lipinski definition) is 1. The second-order valence-electron chi connectivity index (χ2n) is 4.83. The fraction of sp³-hybridized carbons (Fsp3) is 0.467. The fourth-order valence-corrected chi connectivity index (χ4v) is 2.71. The molecular weight excluding hydrogens is 196 g/mol. The predicted octanol–water partition coefficient (Wildman–Crippen LogP) is 4.24. The van der Waals surface area contributed by atoms with Crippen molar-refractivity contribution in [2.75, 3.05) is 0 Å². The lowest BCUT2D eigenvalue weighted by molar-refractivity contribution is 0.328. The van der Waals surface area contributed by atoms with Gasteiger partial charge < -0.3 is 5.11 Å². The molecule has 86 valence electrons. The standard InChI is InChI=1S/C15H20O/c1-2-3-12-4-6-13(7-5-12)14-8-10-15(16)11-9-14/h2,8-13,16H,1,3-7H2. The SMILES string of the molecule is C=CCC1CCC(c2ccc(O)cc2)CC1. The maximum absolute atomic E-state index is 9.26. The van der Waals surface area contributed by atoms with Crippen molar-refractivity contribution in [3.8, 4) is 5.75 Å². The number of phenols is 1. The topological polar surface area (TPSA) is 20.2 Å². The highest BCUT2D eigenvalue weighted by Gasteiger charge is 2.21. The van der Waals surface area contributed by atoms with E-state index < -0.39 is 0 Å². The normalized spacial score (nSPS) is 25.2. The average Bonchev–Trinajstić information content (AvgIpc) is 2.32. The van der Waals surface area contributed by atoms with Crippen molar-refractivity contribution in [1.82, 2.24) is 0 Å². The van der Waals surface area contributed by atoms with E-state index in [9.17, 15) is 5.11 Å². The molecular formula is C15H20O. The van der Waals surface area contributed by atoms with Crippen molar-refractivity contribution in [2.24, 2.45) is 5.92 Å². The first-order chi connectivity index (χ1) is 7.79. The summed E-state index contributed by atoms with van der Waals surface area (Å²) in [6.45, 7) is 3.81. The Balaban J connectivity index is 1.93. The second-order valence-corrected chi connectivity index (χ2v) is 4.83. The zero-order valence-electron chi connectivity index (χ0n) is 9.73. The number of benzene rings is 1. The van der Waals surface area contributed by atoms with Crippen molar-refractivity contribution >= 4 is 0 Å². The van der Waals surface area contributed by atoms with Crippen LogP contribution in [0.25, 0.3) is 0 Å². The zero-order valence-corrected chi connectivity index (χ0v) is 9.73. The summed E-state index contributed by atoms with van der Waals surface area (Å²) in [5, 5.41) is 9.26. The third-order valence-corrected chi connectivity index (χ3v) is 3.71. The molecule has 0 amide bonds. The molecule has 0 aromatic heterocycles. The highest BCUT2D eigenvalue weighted by Crippen LogP contribution is 2.37. The summed E-state index contributed by atoms with van der Waals surface area (Å²) in [6, 6.07) is 7.72.